The number of hydrogen-bond acceptors (Lipinski definition) is 6. The first kappa shape index (κ1) is 23.4. The average Bonchev–Trinajstić information content (AvgIpc) is 2.82. The van der Waals surface area contributed by atoms with Crippen molar-refractivity contribution < 1.29 is 14.3 Å². The SMILES string of the molecule is COc1ccc(CCNC(=O)N2CCc3nc(Nc4cc(C)cc(C)c4)ncc3C2)cc1OC. The van der Waals surface area contributed by atoms with Crippen molar-refractivity contribution in [3.8, 4) is 11.5 Å². The van der Waals surface area contributed by atoms with Crippen LogP contribution in [0.4, 0.5) is 16.4 Å². The maximum atomic E-state index is 12.7. The second-order valence-electron chi connectivity index (χ2n) is 8.51. The molecule has 3 aromatic rings. The van der Waals surface area contributed by atoms with E-state index in [1.54, 1.807) is 19.1 Å². The highest BCUT2D eigenvalue weighted by Crippen LogP contribution is 2.27. The van der Waals surface area contributed by atoms with Gasteiger partial charge in [0.25, 0.3) is 0 Å². The molecule has 1 aliphatic rings. The van der Waals surface area contributed by atoms with Gasteiger partial charge in [0.15, 0.2) is 11.5 Å². The van der Waals surface area contributed by atoms with Crippen LogP contribution in [0.1, 0.15) is 27.9 Å². The van der Waals surface area contributed by atoms with Crippen LogP contribution in [0.15, 0.2) is 42.6 Å². The molecule has 0 radical (unpaired) electrons. The normalized spacial score (nSPS) is 12.6. The number of aromatic nitrogens is 2. The Hall–Kier alpha value is -3.81. The number of carbonyl (C=O) groups excluding carboxylic acids is 1. The lowest BCUT2D eigenvalue weighted by molar-refractivity contribution is 0.192. The van der Waals surface area contributed by atoms with E-state index in [1.165, 1.54) is 11.1 Å². The highest BCUT2D eigenvalue weighted by molar-refractivity contribution is 5.74. The van der Waals surface area contributed by atoms with Gasteiger partial charge in [-0.05, 0) is 61.2 Å². The molecule has 4 rings (SSSR count). The monoisotopic (exact) mass is 461 g/mol. The van der Waals surface area contributed by atoms with E-state index in [4.69, 9.17) is 14.5 Å². The second kappa shape index (κ2) is 10.4. The zero-order valence-electron chi connectivity index (χ0n) is 20.1. The van der Waals surface area contributed by atoms with Gasteiger partial charge in [-0.1, -0.05) is 12.1 Å². The third kappa shape index (κ3) is 5.57. The zero-order valence-corrected chi connectivity index (χ0v) is 20.1. The number of nitrogens with one attached hydrogen (secondary N) is 2. The van der Waals surface area contributed by atoms with E-state index in [0.29, 0.717) is 49.9 Å². The Morgan fingerprint density at radius 2 is 1.82 bits per heavy atom. The smallest absolute Gasteiger partial charge is 0.317 e. The van der Waals surface area contributed by atoms with Crippen LogP contribution in [0.25, 0.3) is 0 Å². The van der Waals surface area contributed by atoms with Gasteiger partial charge in [0.2, 0.25) is 5.95 Å². The van der Waals surface area contributed by atoms with Gasteiger partial charge in [-0.25, -0.2) is 14.8 Å². The molecule has 8 nitrogen and oxygen atoms in total. The first-order valence-electron chi connectivity index (χ1n) is 11.4. The van der Waals surface area contributed by atoms with Crippen molar-refractivity contribution in [3.63, 3.8) is 0 Å². The maximum Gasteiger partial charge on any atom is 0.317 e. The fourth-order valence-corrected chi connectivity index (χ4v) is 4.19. The predicted molar refractivity (Wildman–Crippen MR) is 132 cm³/mol. The number of benzene rings is 2. The molecule has 2 N–H and O–H groups in total. The Morgan fingerprint density at radius 1 is 1.06 bits per heavy atom. The highest BCUT2D eigenvalue weighted by Gasteiger charge is 2.22. The predicted octanol–water partition coefficient (Wildman–Crippen LogP) is 4.16. The van der Waals surface area contributed by atoms with E-state index in [1.807, 2.05) is 24.4 Å². The van der Waals surface area contributed by atoms with Crippen LogP contribution in [-0.4, -0.2) is 48.2 Å². The second-order valence-corrected chi connectivity index (χ2v) is 8.51. The van der Waals surface area contributed by atoms with E-state index in [-0.39, 0.29) is 6.03 Å². The van der Waals surface area contributed by atoms with Gasteiger partial charge >= 0.3 is 6.03 Å². The topological polar surface area (TPSA) is 88.6 Å². The Kier molecular flexibility index (Phi) is 7.15. The van der Waals surface area contributed by atoms with Gasteiger partial charge < -0.3 is 25.0 Å². The third-order valence-corrected chi connectivity index (χ3v) is 5.84. The summed E-state index contributed by atoms with van der Waals surface area (Å²) in [5.74, 6) is 1.96. The summed E-state index contributed by atoms with van der Waals surface area (Å²) in [5, 5.41) is 6.31. The molecule has 0 atom stereocenters. The van der Waals surface area contributed by atoms with Gasteiger partial charge in [-0.15, -0.1) is 0 Å². The zero-order chi connectivity index (χ0) is 24.1. The van der Waals surface area contributed by atoms with Crippen molar-refractivity contribution in [2.45, 2.75) is 33.2 Å². The number of urea groups is 1. The number of nitrogens with zero attached hydrogens (tertiary/aromatic N) is 3. The van der Waals surface area contributed by atoms with Crippen LogP contribution in [0.2, 0.25) is 0 Å². The summed E-state index contributed by atoms with van der Waals surface area (Å²) in [6, 6.07) is 12.0. The lowest BCUT2D eigenvalue weighted by Gasteiger charge is -2.28. The van der Waals surface area contributed by atoms with Gasteiger partial charge in [0, 0.05) is 37.0 Å². The molecule has 0 saturated carbocycles. The van der Waals surface area contributed by atoms with Crippen LogP contribution in [0, 0.1) is 13.8 Å². The molecule has 8 heteroatoms. The molecule has 0 aliphatic carbocycles. The minimum atomic E-state index is -0.0800. The third-order valence-electron chi connectivity index (χ3n) is 5.84. The number of amides is 2. The molecule has 0 unspecified atom stereocenters. The van der Waals surface area contributed by atoms with E-state index in [2.05, 4.69) is 47.7 Å². The summed E-state index contributed by atoms with van der Waals surface area (Å²) >= 11 is 0. The first-order chi connectivity index (χ1) is 16.4. The molecule has 2 amide bonds. The minimum Gasteiger partial charge on any atom is -0.493 e. The fourth-order valence-electron chi connectivity index (χ4n) is 4.19. The quantitative estimate of drug-likeness (QED) is 0.549. The average molecular weight is 462 g/mol. The molecule has 0 saturated heterocycles. The van der Waals surface area contributed by atoms with Gasteiger partial charge in [-0.2, -0.15) is 0 Å². The van der Waals surface area contributed by atoms with Crippen LogP contribution in [-0.2, 0) is 19.4 Å². The summed E-state index contributed by atoms with van der Waals surface area (Å²) in [4.78, 5) is 23.7. The molecule has 0 spiro atoms. The van der Waals surface area contributed by atoms with Gasteiger partial charge in [-0.3, -0.25) is 0 Å². The number of rotatable bonds is 7. The number of anilines is 2. The van der Waals surface area contributed by atoms with Crippen molar-refractivity contribution in [3.05, 3.63) is 70.5 Å². The number of aryl methyl sites for hydroxylation is 2. The van der Waals surface area contributed by atoms with E-state index in [9.17, 15) is 4.79 Å². The molecular weight excluding hydrogens is 430 g/mol. The number of carbonyl (C=O) groups is 1. The van der Waals surface area contributed by atoms with E-state index >= 15 is 0 Å². The number of methoxy groups -OCH3 is 2. The molecule has 0 bridgehead atoms. The summed E-state index contributed by atoms with van der Waals surface area (Å²) in [6.07, 6.45) is 3.21. The van der Waals surface area contributed by atoms with Gasteiger partial charge in [0.05, 0.1) is 26.5 Å². The molecule has 2 aromatic carbocycles. The summed E-state index contributed by atoms with van der Waals surface area (Å²) in [5.41, 5.74) is 6.38. The van der Waals surface area contributed by atoms with Crippen LogP contribution >= 0.6 is 0 Å². The Morgan fingerprint density at radius 3 is 2.56 bits per heavy atom. The van der Waals surface area contributed by atoms with Crippen molar-refractivity contribution in [1.82, 2.24) is 20.2 Å². The van der Waals surface area contributed by atoms with Crippen molar-refractivity contribution in [1.29, 1.82) is 0 Å². The van der Waals surface area contributed by atoms with Crippen LogP contribution in [0.5, 0.6) is 11.5 Å². The molecule has 0 fully saturated rings. The fraction of sp³-hybridized carbons (Fsp3) is 0.346. The first-order valence-corrected chi connectivity index (χ1v) is 11.4. The van der Waals surface area contributed by atoms with Crippen molar-refractivity contribution >= 4 is 17.7 Å². The lowest BCUT2D eigenvalue weighted by atomic mass is 10.1. The largest absolute Gasteiger partial charge is 0.493 e. The van der Waals surface area contributed by atoms with Crippen molar-refractivity contribution in [2.24, 2.45) is 0 Å². The summed E-state index contributed by atoms with van der Waals surface area (Å²) < 4.78 is 10.6. The number of ether oxygens (including phenoxy) is 2. The Bertz CT molecular complexity index is 1160. The summed E-state index contributed by atoms with van der Waals surface area (Å²) in [7, 11) is 3.23. The lowest BCUT2D eigenvalue weighted by Crippen LogP contribution is -2.43. The van der Waals surface area contributed by atoms with Crippen molar-refractivity contribution in [2.75, 3.05) is 32.6 Å². The standard InChI is InChI=1S/C26H31N5O3/c1-17-11-18(2)13-21(12-17)29-25-28-15-20-16-31(10-8-22(20)30-25)26(32)27-9-7-19-5-6-23(33-3)24(14-19)34-4/h5-6,11-15H,7-10,16H2,1-4H3,(H,27,32)(H,28,29,30). The highest BCUT2D eigenvalue weighted by atomic mass is 16.5. The van der Waals surface area contributed by atoms with Crippen LogP contribution in [0.3, 0.4) is 0 Å². The molecular formula is C26H31N5O3. The minimum absolute atomic E-state index is 0.0800. The molecule has 178 valence electrons. The Balaban J connectivity index is 1.31. The summed E-state index contributed by atoms with van der Waals surface area (Å²) in [6.45, 7) is 5.79. The molecule has 2 heterocycles. The number of fused-ring (bicyclic) bond motifs is 1. The van der Waals surface area contributed by atoms with E-state index < -0.39 is 0 Å². The number of hydrogen-bond donors (Lipinski definition) is 2. The molecule has 1 aromatic heterocycles. The maximum absolute atomic E-state index is 12.7. The molecule has 34 heavy (non-hydrogen) atoms. The van der Waals surface area contributed by atoms with Crippen LogP contribution < -0.4 is 20.1 Å². The Labute approximate surface area is 200 Å². The van der Waals surface area contributed by atoms with E-state index in [0.717, 1.165) is 22.5 Å². The molecule has 1 aliphatic heterocycles. The van der Waals surface area contributed by atoms with Gasteiger partial charge in [0.1, 0.15) is 0 Å².